The molecule has 134 valence electrons. The molecule has 2 amide bonds. The van der Waals surface area contributed by atoms with E-state index in [4.69, 9.17) is 4.74 Å². The van der Waals surface area contributed by atoms with Crippen molar-refractivity contribution in [2.24, 2.45) is 0 Å². The van der Waals surface area contributed by atoms with Crippen LogP contribution in [-0.2, 0) is 0 Å². The smallest absolute Gasteiger partial charge is 0.254 e. The standard InChI is InChI=1S/C21H22N2O3/c1-12-18(13-6-4-3-5-7-13)16-10-14(20(24)23-15-8-9-15)11-17(19(16)26-12)21(25)22-2/h3-7,10-12,15,18H,8-9H2,1-2H3,(H,22,25)(H,23,24)/t12-,18+/m1/s1. The second-order valence-corrected chi connectivity index (χ2v) is 6.98. The highest BCUT2D eigenvalue weighted by Gasteiger charge is 2.36. The minimum Gasteiger partial charge on any atom is -0.489 e. The molecule has 2 aromatic carbocycles. The molecule has 1 fully saturated rings. The van der Waals surface area contributed by atoms with Crippen molar-refractivity contribution in [3.63, 3.8) is 0 Å². The van der Waals surface area contributed by atoms with Gasteiger partial charge in [-0.1, -0.05) is 30.3 Å². The number of benzene rings is 2. The van der Waals surface area contributed by atoms with Gasteiger partial charge in [0, 0.05) is 30.1 Å². The van der Waals surface area contributed by atoms with E-state index in [2.05, 4.69) is 22.8 Å². The van der Waals surface area contributed by atoms with Gasteiger partial charge in [-0.2, -0.15) is 0 Å². The minimum atomic E-state index is -0.247. The van der Waals surface area contributed by atoms with Gasteiger partial charge in [-0.3, -0.25) is 9.59 Å². The van der Waals surface area contributed by atoms with Gasteiger partial charge in [0.15, 0.2) is 0 Å². The first-order valence-electron chi connectivity index (χ1n) is 9.01. The topological polar surface area (TPSA) is 67.4 Å². The van der Waals surface area contributed by atoms with Crippen LogP contribution in [0.5, 0.6) is 5.75 Å². The van der Waals surface area contributed by atoms with E-state index in [1.54, 1.807) is 13.1 Å². The highest BCUT2D eigenvalue weighted by Crippen LogP contribution is 2.44. The molecule has 0 unspecified atom stereocenters. The normalized spacial score (nSPS) is 20.8. The van der Waals surface area contributed by atoms with Gasteiger partial charge in [0.2, 0.25) is 0 Å². The van der Waals surface area contributed by atoms with E-state index in [1.165, 1.54) is 0 Å². The quantitative estimate of drug-likeness (QED) is 0.891. The molecule has 0 bridgehead atoms. The van der Waals surface area contributed by atoms with Gasteiger partial charge < -0.3 is 15.4 Å². The Hall–Kier alpha value is -2.82. The Morgan fingerprint density at radius 2 is 1.81 bits per heavy atom. The van der Waals surface area contributed by atoms with Crippen LogP contribution in [0.3, 0.4) is 0 Å². The lowest BCUT2D eigenvalue weighted by Crippen LogP contribution is -2.26. The van der Waals surface area contributed by atoms with E-state index in [-0.39, 0.29) is 29.9 Å². The van der Waals surface area contributed by atoms with Gasteiger partial charge >= 0.3 is 0 Å². The lowest BCUT2D eigenvalue weighted by molar-refractivity contribution is 0.0951. The molecule has 1 saturated carbocycles. The van der Waals surface area contributed by atoms with Gasteiger partial charge in [-0.05, 0) is 37.5 Å². The summed E-state index contributed by atoms with van der Waals surface area (Å²) in [6.07, 6.45) is 1.93. The van der Waals surface area contributed by atoms with Crippen molar-refractivity contribution in [2.45, 2.75) is 37.8 Å². The summed E-state index contributed by atoms with van der Waals surface area (Å²) in [5, 5.41) is 5.65. The fraction of sp³-hybridized carbons (Fsp3) is 0.333. The molecular formula is C21H22N2O3. The number of carbonyl (C=O) groups is 2. The largest absolute Gasteiger partial charge is 0.489 e. The van der Waals surface area contributed by atoms with Crippen molar-refractivity contribution in [3.05, 3.63) is 64.7 Å². The average Bonchev–Trinajstić information content (AvgIpc) is 3.40. The van der Waals surface area contributed by atoms with Crippen LogP contribution in [-0.4, -0.2) is 31.0 Å². The molecule has 1 aliphatic heterocycles. The van der Waals surface area contributed by atoms with Crippen molar-refractivity contribution >= 4 is 11.8 Å². The highest BCUT2D eigenvalue weighted by atomic mass is 16.5. The molecule has 5 nitrogen and oxygen atoms in total. The molecule has 2 N–H and O–H groups in total. The number of rotatable bonds is 4. The summed E-state index contributed by atoms with van der Waals surface area (Å²) in [5.74, 6) is 0.187. The van der Waals surface area contributed by atoms with Crippen molar-refractivity contribution in [1.29, 1.82) is 0 Å². The molecule has 2 aliphatic rings. The summed E-state index contributed by atoms with van der Waals surface area (Å²) >= 11 is 0. The number of ether oxygens (including phenoxy) is 1. The van der Waals surface area contributed by atoms with Crippen LogP contribution in [0, 0.1) is 0 Å². The Morgan fingerprint density at radius 3 is 2.46 bits per heavy atom. The summed E-state index contributed by atoms with van der Waals surface area (Å²) in [5.41, 5.74) is 2.93. The van der Waals surface area contributed by atoms with Gasteiger partial charge in [-0.25, -0.2) is 0 Å². The predicted molar refractivity (Wildman–Crippen MR) is 98.7 cm³/mol. The molecule has 0 spiro atoms. The first-order chi connectivity index (χ1) is 12.6. The zero-order valence-electron chi connectivity index (χ0n) is 14.9. The fourth-order valence-electron chi connectivity index (χ4n) is 3.56. The van der Waals surface area contributed by atoms with E-state index >= 15 is 0 Å². The maximum absolute atomic E-state index is 12.6. The zero-order valence-corrected chi connectivity index (χ0v) is 14.9. The molecule has 2 aromatic rings. The first-order valence-corrected chi connectivity index (χ1v) is 9.01. The van der Waals surface area contributed by atoms with Gasteiger partial charge in [-0.15, -0.1) is 0 Å². The molecule has 0 radical (unpaired) electrons. The summed E-state index contributed by atoms with van der Waals surface area (Å²) in [4.78, 5) is 25.0. The van der Waals surface area contributed by atoms with E-state index in [1.807, 2.05) is 31.2 Å². The Kier molecular flexibility index (Phi) is 4.15. The number of carbonyl (C=O) groups excluding carboxylic acids is 2. The van der Waals surface area contributed by atoms with Crippen LogP contribution in [0.2, 0.25) is 0 Å². The second-order valence-electron chi connectivity index (χ2n) is 6.98. The minimum absolute atomic E-state index is 0.0109. The summed E-state index contributed by atoms with van der Waals surface area (Å²) in [6.45, 7) is 2.00. The van der Waals surface area contributed by atoms with Crippen LogP contribution < -0.4 is 15.4 Å². The molecular weight excluding hydrogens is 328 g/mol. The lowest BCUT2D eigenvalue weighted by Gasteiger charge is -2.15. The van der Waals surface area contributed by atoms with E-state index in [0.717, 1.165) is 24.0 Å². The van der Waals surface area contributed by atoms with E-state index < -0.39 is 0 Å². The van der Waals surface area contributed by atoms with Crippen molar-refractivity contribution in [3.8, 4) is 5.75 Å². The SMILES string of the molecule is CNC(=O)c1cc(C(=O)NC2CC2)cc2c1O[C@H](C)[C@H]2c1ccccc1. The maximum Gasteiger partial charge on any atom is 0.254 e. The zero-order chi connectivity index (χ0) is 18.3. The molecule has 4 rings (SSSR count). The number of hydrogen-bond donors (Lipinski definition) is 2. The van der Waals surface area contributed by atoms with Crippen LogP contribution in [0.25, 0.3) is 0 Å². The van der Waals surface area contributed by atoms with E-state index in [0.29, 0.717) is 16.9 Å². The van der Waals surface area contributed by atoms with E-state index in [9.17, 15) is 9.59 Å². The number of amides is 2. The van der Waals surface area contributed by atoms with Crippen LogP contribution in [0.4, 0.5) is 0 Å². The first kappa shape index (κ1) is 16.6. The van der Waals surface area contributed by atoms with Gasteiger partial charge in [0.05, 0.1) is 5.56 Å². The third-order valence-electron chi connectivity index (χ3n) is 5.03. The molecule has 0 saturated heterocycles. The number of nitrogens with one attached hydrogen (secondary N) is 2. The van der Waals surface area contributed by atoms with Crippen molar-refractivity contribution in [2.75, 3.05) is 7.05 Å². The van der Waals surface area contributed by atoms with Crippen LogP contribution in [0.1, 0.15) is 57.5 Å². The predicted octanol–water partition coefficient (Wildman–Crippen LogP) is 2.85. The fourth-order valence-corrected chi connectivity index (χ4v) is 3.56. The number of hydrogen-bond acceptors (Lipinski definition) is 3. The summed E-state index contributed by atoms with van der Waals surface area (Å²) in [6, 6.07) is 13.8. The molecule has 26 heavy (non-hydrogen) atoms. The molecule has 2 atom stereocenters. The van der Waals surface area contributed by atoms with Gasteiger partial charge in [0.1, 0.15) is 11.9 Å². The summed E-state index contributed by atoms with van der Waals surface area (Å²) in [7, 11) is 1.58. The Labute approximate surface area is 152 Å². The third-order valence-corrected chi connectivity index (χ3v) is 5.03. The number of fused-ring (bicyclic) bond motifs is 1. The molecule has 1 heterocycles. The molecule has 5 heteroatoms. The monoisotopic (exact) mass is 350 g/mol. The third kappa shape index (κ3) is 2.94. The van der Waals surface area contributed by atoms with Crippen LogP contribution in [0.15, 0.2) is 42.5 Å². The van der Waals surface area contributed by atoms with Crippen molar-refractivity contribution < 1.29 is 14.3 Å². The Bertz CT molecular complexity index is 859. The maximum atomic E-state index is 12.6. The Morgan fingerprint density at radius 1 is 1.08 bits per heavy atom. The molecule has 0 aromatic heterocycles. The highest BCUT2D eigenvalue weighted by molar-refractivity contribution is 6.02. The second kappa shape index (κ2) is 6.48. The Balaban J connectivity index is 1.82. The summed E-state index contributed by atoms with van der Waals surface area (Å²) < 4.78 is 6.06. The lowest BCUT2D eigenvalue weighted by atomic mass is 9.87. The van der Waals surface area contributed by atoms with Crippen LogP contribution >= 0.6 is 0 Å². The molecule has 1 aliphatic carbocycles. The average molecular weight is 350 g/mol. The van der Waals surface area contributed by atoms with Crippen molar-refractivity contribution in [1.82, 2.24) is 10.6 Å². The van der Waals surface area contributed by atoms with Gasteiger partial charge in [0.25, 0.3) is 11.8 Å².